The smallest absolute Gasteiger partial charge is 0.225 e. The lowest BCUT2D eigenvalue weighted by molar-refractivity contribution is -0.329. The van der Waals surface area contributed by atoms with Crippen LogP contribution in [0.5, 0.6) is 5.75 Å². The summed E-state index contributed by atoms with van der Waals surface area (Å²) in [6, 6.07) is 8.30. The van der Waals surface area contributed by atoms with Crippen LogP contribution >= 0.6 is 11.6 Å². The highest BCUT2D eigenvalue weighted by Crippen LogP contribution is 2.49. The molecule has 0 amide bonds. The van der Waals surface area contributed by atoms with E-state index in [1.165, 1.54) is 30.3 Å². The molecule has 2 fully saturated rings. The van der Waals surface area contributed by atoms with Crippen molar-refractivity contribution >= 4 is 11.6 Å². The normalized spacial score (nSPS) is 34.4. The van der Waals surface area contributed by atoms with Crippen molar-refractivity contribution < 1.29 is 44.5 Å². The molecule has 9 heteroatoms. The number of ether oxygens (including phenoxy) is 3. The molecule has 0 radical (unpaired) electrons. The number of halogens is 2. The van der Waals surface area contributed by atoms with Crippen LogP contribution in [-0.2, 0) is 21.7 Å². The second kappa shape index (κ2) is 8.87. The van der Waals surface area contributed by atoms with Crippen LogP contribution in [0.2, 0.25) is 5.02 Å². The standard InChI is InChI=1S/C23H26ClFO7/c1-2-7-30-18-6-3-13(9-17(18)25)8-14-10-15(4-5-16(14)24)23-21(29)19(27)20(28)22(11-26,32-23)12-31-23/h3-6,9-10,19-21,26-29H,2,7-8,11-12H2,1H3/t19-,20-,21+,22+,23?/m0/s1/i2D2,7D2. The van der Waals surface area contributed by atoms with Crippen LogP contribution in [-0.4, -0.2) is 64.1 Å². The molecular formula is C23H26ClFO7. The van der Waals surface area contributed by atoms with Crippen molar-refractivity contribution in [2.45, 2.75) is 49.4 Å². The Morgan fingerprint density at radius 2 is 2.00 bits per heavy atom. The molecule has 2 saturated heterocycles. The van der Waals surface area contributed by atoms with Gasteiger partial charge in [-0.1, -0.05) is 30.7 Å². The highest BCUT2D eigenvalue weighted by Gasteiger charge is 2.67. The fourth-order valence-electron chi connectivity index (χ4n) is 4.06. The van der Waals surface area contributed by atoms with Gasteiger partial charge in [-0.3, -0.25) is 0 Å². The second-order valence-corrected chi connectivity index (χ2v) is 8.27. The van der Waals surface area contributed by atoms with E-state index >= 15 is 0 Å². The second-order valence-electron chi connectivity index (χ2n) is 7.86. The van der Waals surface area contributed by atoms with Gasteiger partial charge in [-0.25, -0.2) is 4.39 Å². The van der Waals surface area contributed by atoms with E-state index in [1.54, 1.807) is 0 Å². The predicted octanol–water partition coefficient (Wildman–Crippen LogP) is 1.89. The summed E-state index contributed by atoms with van der Waals surface area (Å²) in [5, 5.41) is 41.5. The van der Waals surface area contributed by atoms with Crippen molar-refractivity contribution in [1.82, 2.24) is 0 Å². The zero-order valence-corrected chi connectivity index (χ0v) is 17.8. The van der Waals surface area contributed by atoms with Crippen LogP contribution in [0.4, 0.5) is 4.39 Å². The van der Waals surface area contributed by atoms with E-state index in [-0.39, 0.29) is 18.6 Å². The van der Waals surface area contributed by atoms with Gasteiger partial charge in [-0.2, -0.15) is 0 Å². The average Bonchev–Trinajstić information content (AvgIpc) is 3.19. The maximum Gasteiger partial charge on any atom is 0.225 e. The maximum atomic E-state index is 14.7. The summed E-state index contributed by atoms with van der Waals surface area (Å²) in [6.07, 6.45) is -7.22. The van der Waals surface area contributed by atoms with Crippen molar-refractivity contribution in [2.24, 2.45) is 0 Å². The highest BCUT2D eigenvalue weighted by molar-refractivity contribution is 6.31. The number of fused-ring (bicyclic) bond motifs is 2. The molecule has 0 aromatic heterocycles. The monoisotopic (exact) mass is 472 g/mol. The summed E-state index contributed by atoms with van der Waals surface area (Å²) in [7, 11) is 0. The summed E-state index contributed by atoms with van der Waals surface area (Å²) >= 11 is 6.35. The number of rotatable bonds is 7. The van der Waals surface area contributed by atoms with Crippen LogP contribution in [0.25, 0.3) is 0 Å². The van der Waals surface area contributed by atoms with Gasteiger partial charge in [0.15, 0.2) is 11.6 Å². The van der Waals surface area contributed by atoms with Crippen LogP contribution < -0.4 is 4.74 Å². The van der Waals surface area contributed by atoms with Crippen molar-refractivity contribution in [2.75, 3.05) is 19.8 Å². The minimum Gasteiger partial charge on any atom is -0.491 e. The lowest BCUT2D eigenvalue weighted by atomic mass is 9.83. The van der Waals surface area contributed by atoms with Crippen molar-refractivity contribution in [3.8, 4) is 5.75 Å². The van der Waals surface area contributed by atoms with E-state index in [2.05, 4.69) is 0 Å². The first-order valence-electron chi connectivity index (χ1n) is 11.9. The summed E-state index contributed by atoms with van der Waals surface area (Å²) in [5.41, 5.74) is -0.474. The van der Waals surface area contributed by atoms with E-state index < -0.39 is 60.8 Å². The van der Waals surface area contributed by atoms with E-state index in [0.717, 1.165) is 13.0 Å². The molecule has 2 heterocycles. The number of benzene rings is 2. The van der Waals surface area contributed by atoms with Gasteiger partial charge in [0, 0.05) is 13.3 Å². The third kappa shape index (κ3) is 3.80. The van der Waals surface area contributed by atoms with Crippen molar-refractivity contribution in [3.63, 3.8) is 0 Å². The largest absolute Gasteiger partial charge is 0.491 e. The fraction of sp³-hybridized carbons (Fsp3) is 0.478. The first-order chi connectivity index (χ1) is 16.7. The topological polar surface area (TPSA) is 109 Å². The lowest BCUT2D eigenvalue weighted by Crippen LogP contribution is -2.65. The number of hydrogen-bond acceptors (Lipinski definition) is 7. The predicted molar refractivity (Wildman–Crippen MR) is 113 cm³/mol. The van der Waals surface area contributed by atoms with Crippen LogP contribution in [0, 0.1) is 5.82 Å². The average molecular weight is 473 g/mol. The first kappa shape index (κ1) is 18.6. The summed E-state index contributed by atoms with van der Waals surface area (Å²) in [5.74, 6) is -3.24. The van der Waals surface area contributed by atoms with E-state index in [1.807, 2.05) is 0 Å². The molecule has 0 saturated carbocycles. The molecule has 1 unspecified atom stereocenters. The third-order valence-corrected chi connectivity index (χ3v) is 6.20. The minimum atomic E-state index is -2.77. The van der Waals surface area contributed by atoms with Crippen LogP contribution in [0.3, 0.4) is 0 Å². The molecule has 4 N–H and O–H groups in total. The van der Waals surface area contributed by atoms with Gasteiger partial charge in [0.2, 0.25) is 5.79 Å². The molecule has 0 aliphatic carbocycles. The van der Waals surface area contributed by atoms with Gasteiger partial charge in [0.25, 0.3) is 0 Å². The molecule has 2 aliphatic rings. The molecule has 32 heavy (non-hydrogen) atoms. The van der Waals surface area contributed by atoms with Gasteiger partial charge in [-0.15, -0.1) is 0 Å². The van der Waals surface area contributed by atoms with E-state index in [9.17, 15) is 24.8 Å². The molecule has 174 valence electrons. The molecule has 5 atom stereocenters. The van der Waals surface area contributed by atoms with Gasteiger partial charge in [-0.05, 0) is 48.2 Å². The SMILES string of the molecule is [2H]C([2H])(C)C([2H])([2H])Oc1ccc(Cc2cc(C34OC[C@@](CO)(O3)[C@@H](O)[C@H](O)[C@H]4O)ccc2Cl)cc1F. The van der Waals surface area contributed by atoms with Gasteiger partial charge < -0.3 is 34.6 Å². The Morgan fingerprint density at radius 1 is 1.22 bits per heavy atom. The maximum absolute atomic E-state index is 14.7. The number of hydrogen-bond donors (Lipinski definition) is 4. The quantitative estimate of drug-likeness (QED) is 0.487. The Kier molecular flexibility index (Phi) is 5.16. The minimum absolute atomic E-state index is 0.0911. The molecule has 2 bridgehead atoms. The van der Waals surface area contributed by atoms with Crippen molar-refractivity contribution in [1.29, 1.82) is 0 Å². The fourth-order valence-corrected chi connectivity index (χ4v) is 4.25. The van der Waals surface area contributed by atoms with Gasteiger partial charge in [0.05, 0.1) is 22.5 Å². The van der Waals surface area contributed by atoms with E-state index in [4.69, 9.17) is 31.3 Å². The molecule has 0 spiro atoms. The third-order valence-electron chi connectivity index (χ3n) is 5.83. The lowest BCUT2D eigenvalue weighted by Gasteiger charge is -2.46. The summed E-state index contributed by atoms with van der Waals surface area (Å²) in [6.45, 7) is -2.73. The molecule has 4 rings (SSSR count). The zero-order chi connectivity index (χ0) is 26.7. The van der Waals surface area contributed by atoms with Crippen LogP contribution in [0.1, 0.15) is 35.5 Å². The summed E-state index contributed by atoms with van der Waals surface area (Å²) < 4.78 is 61.6. The Labute approximate surface area is 195 Å². The number of aliphatic hydroxyl groups is 4. The number of aliphatic hydroxyl groups excluding tert-OH is 4. The molecule has 2 aromatic carbocycles. The zero-order valence-electron chi connectivity index (χ0n) is 21.1. The Balaban J connectivity index is 1.62. The molecular weight excluding hydrogens is 443 g/mol. The molecule has 2 aliphatic heterocycles. The Hall–Kier alpha value is -1.78. The summed E-state index contributed by atoms with van der Waals surface area (Å²) in [4.78, 5) is 0. The molecule has 7 nitrogen and oxygen atoms in total. The van der Waals surface area contributed by atoms with Crippen molar-refractivity contribution in [3.05, 3.63) is 63.9 Å². The van der Waals surface area contributed by atoms with Gasteiger partial charge in [0.1, 0.15) is 23.9 Å². The highest BCUT2D eigenvalue weighted by atomic mass is 35.5. The van der Waals surface area contributed by atoms with Gasteiger partial charge >= 0.3 is 0 Å². The van der Waals surface area contributed by atoms with Crippen LogP contribution in [0.15, 0.2) is 36.4 Å². The Morgan fingerprint density at radius 3 is 2.69 bits per heavy atom. The first-order valence-corrected chi connectivity index (χ1v) is 10.3. The Bertz CT molecular complexity index is 1150. The molecule has 2 aromatic rings. The van der Waals surface area contributed by atoms with E-state index in [0.29, 0.717) is 16.1 Å².